The van der Waals surface area contributed by atoms with Crippen molar-refractivity contribution in [2.45, 2.75) is 59.5 Å². The highest BCUT2D eigenvalue weighted by Gasteiger charge is 2.52. The minimum atomic E-state index is 0.0294. The first-order valence-corrected chi connectivity index (χ1v) is 8.24. The molecule has 4 unspecified atom stereocenters. The molecule has 0 N–H and O–H groups in total. The molecule has 0 aromatic heterocycles. The molecular weight excluding hydrogens is 199 g/mol. The number of rotatable bonds is 5. The Bertz CT molecular complexity index is 229. The van der Waals surface area contributed by atoms with Gasteiger partial charge in [-0.2, -0.15) is 0 Å². The highest BCUT2D eigenvalue weighted by molar-refractivity contribution is 7.56. The van der Waals surface area contributed by atoms with Gasteiger partial charge in [0, 0.05) is 5.41 Å². The van der Waals surface area contributed by atoms with Crippen molar-refractivity contribution in [3.8, 4) is 0 Å². The summed E-state index contributed by atoms with van der Waals surface area (Å²) in [4.78, 5) is 0. The van der Waals surface area contributed by atoms with Crippen LogP contribution >= 0.6 is 7.55 Å². The second-order valence-electron chi connectivity index (χ2n) is 6.14. The molecule has 0 aromatic carbocycles. The molecule has 1 fully saturated rings. The molecule has 0 aromatic rings. The lowest BCUT2D eigenvalue weighted by molar-refractivity contribution is 0.0990. The SMILES string of the molecule is C=[P+](CC(C)CCC)C1CC(C)C1(C)C. The van der Waals surface area contributed by atoms with E-state index in [0.29, 0.717) is 5.41 Å². The zero-order valence-electron chi connectivity index (χ0n) is 11.2. The molecule has 15 heavy (non-hydrogen) atoms. The standard InChI is InChI=1S/C14H28P/c1-7-8-11(2)10-15(6)13-9-12(3)14(13,4)5/h11-13H,6-10H2,1-5H3/q+1. The van der Waals surface area contributed by atoms with E-state index in [0.717, 1.165) is 17.5 Å². The van der Waals surface area contributed by atoms with Crippen LogP contribution in [0.4, 0.5) is 0 Å². The molecule has 1 aliphatic carbocycles. The Labute approximate surface area is 97.2 Å². The van der Waals surface area contributed by atoms with Crippen molar-refractivity contribution in [2.24, 2.45) is 17.3 Å². The summed E-state index contributed by atoms with van der Waals surface area (Å²) in [5, 5.41) is 0. The highest BCUT2D eigenvalue weighted by atomic mass is 31.1. The second kappa shape index (κ2) is 5.00. The van der Waals surface area contributed by atoms with Crippen LogP contribution in [0.15, 0.2) is 0 Å². The van der Waals surface area contributed by atoms with Crippen LogP contribution < -0.4 is 0 Å². The van der Waals surface area contributed by atoms with Gasteiger partial charge in [-0.1, -0.05) is 41.0 Å². The van der Waals surface area contributed by atoms with Gasteiger partial charge in [0.25, 0.3) is 0 Å². The largest absolute Gasteiger partial charge is 0.121 e. The molecule has 0 heterocycles. The number of hydrogen-bond donors (Lipinski definition) is 0. The third-order valence-corrected chi connectivity index (χ3v) is 7.32. The zero-order valence-corrected chi connectivity index (χ0v) is 12.1. The van der Waals surface area contributed by atoms with Crippen LogP contribution in [0.2, 0.25) is 0 Å². The van der Waals surface area contributed by atoms with Crippen molar-refractivity contribution in [3.05, 3.63) is 0 Å². The van der Waals surface area contributed by atoms with Crippen molar-refractivity contribution in [1.29, 1.82) is 0 Å². The molecule has 4 atom stereocenters. The van der Waals surface area contributed by atoms with Gasteiger partial charge in [0.05, 0.1) is 13.8 Å². The van der Waals surface area contributed by atoms with Crippen molar-refractivity contribution in [1.82, 2.24) is 0 Å². The van der Waals surface area contributed by atoms with E-state index < -0.39 is 0 Å². The van der Waals surface area contributed by atoms with E-state index in [9.17, 15) is 0 Å². The highest BCUT2D eigenvalue weighted by Crippen LogP contribution is 2.57. The van der Waals surface area contributed by atoms with Crippen LogP contribution in [-0.4, -0.2) is 18.1 Å². The molecule has 0 saturated heterocycles. The maximum Gasteiger partial charge on any atom is 0.121 e. The Morgan fingerprint density at radius 1 is 1.47 bits per heavy atom. The predicted octanol–water partition coefficient (Wildman–Crippen LogP) is 4.77. The molecular formula is C14H28P+. The van der Waals surface area contributed by atoms with Crippen molar-refractivity contribution in [2.75, 3.05) is 6.16 Å². The third kappa shape index (κ3) is 2.84. The molecule has 0 bridgehead atoms. The summed E-state index contributed by atoms with van der Waals surface area (Å²) in [6.45, 7) is 12.0. The number of hydrogen-bond acceptors (Lipinski definition) is 0. The minimum absolute atomic E-state index is 0.0294. The van der Waals surface area contributed by atoms with E-state index in [-0.39, 0.29) is 7.55 Å². The van der Waals surface area contributed by atoms with Crippen LogP contribution in [0.3, 0.4) is 0 Å². The quantitative estimate of drug-likeness (QED) is 0.593. The summed E-state index contributed by atoms with van der Waals surface area (Å²) in [7, 11) is 0.0294. The fraction of sp³-hybridized carbons (Fsp3) is 0.929. The smallest absolute Gasteiger partial charge is 0.0654 e. The van der Waals surface area contributed by atoms with E-state index in [2.05, 4.69) is 40.9 Å². The molecule has 0 aliphatic heterocycles. The average molecular weight is 227 g/mol. The van der Waals surface area contributed by atoms with E-state index in [1.807, 2.05) is 0 Å². The lowest BCUT2D eigenvalue weighted by Gasteiger charge is -2.46. The van der Waals surface area contributed by atoms with Gasteiger partial charge in [-0.25, -0.2) is 0 Å². The Morgan fingerprint density at radius 3 is 2.47 bits per heavy atom. The fourth-order valence-electron chi connectivity index (χ4n) is 2.84. The summed E-state index contributed by atoms with van der Waals surface area (Å²) in [5.41, 5.74) is 1.50. The lowest BCUT2D eigenvalue weighted by Crippen LogP contribution is -2.46. The maximum absolute atomic E-state index is 4.48. The lowest BCUT2D eigenvalue weighted by atomic mass is 9.63. The summed E-state index contributed by atoms with van der Waals surface area (Å²) in [6.07, 6.45) is 10.0. The first kappa shape index (κ1) is 13.2. The molecule has 1 aliphatic rings. The second-order valence-corrected chi connectivity index (χ2v) is 8.31. The van der Waals surface area contributed by atoms with Gasteiger partial charge < -0.3 is 0 Å². The fourth-order valence-corrected chi connectivity index (χ4v) is 5.89. The first-order valence-electron chi connectivity index (χ1n) is 6.46. The summed E-state index contributed by atoms with van der Waals surface area (Å²) < 4.78 is 0. The van der Waals surface area contributed by atoms with Gasteiger partial charge in [0.2, 0.25) is 0 Å². The average Bonchev–Trinajstić information content (AvgIpc) is 2.14. The van der Waals surface area contributed by atoms with Gasteiger partial charge in [0.1, 0.15) is 11.8 Å². The first-order chi connectivity index (χ1) is 6.89. The topological polar surface area (TPSA) is 0 Å². The van der Waals surface area contributed by atoms with Crippen LogP contribution in [0.5, 0.6) is 0 Å². The molecule has 0 amide bonds. The molecule has 1 rings (SSSR count). The van der Waals surface area contributed by atoms with Crippen LogP contribution in [0, 0.1) is 17.3 Å². The molecule has 0 spiro atoms. The van der Waals surface area contributed by atoms with Gasteiger partial charge in [-0.05, 0) is 24.7 Å². The summed E-state index contributed by atoms with van der Waals surface area (Å²) in [6, 6.07) is 0. The van der Waals surface area contributed by atoms with Crippen molar-refractivity contribution in [3.63, 3.8) is 0 Å². The van der Waals surface area contributed by atoms with Gasteiger partial charge in [-0.15, -0.1) is 0 Å². The van der Waals surface area contributed by atoms with Gasteiger partial charge in [-0.3, -0.25) is 0 Å². The third-order valence-electron chi connectivity index (χ3n) is 4.47. The maximum atomic E-state index is 4.48. The van der Waals surface area contributed by atoms with E-state index in [1.54, 1.807) is 0 Å². The van der Waals surface area contributed by atoms with Crippen LogP contribution in [-0.2, 0) is 0 Å². The van der Waals surface area contributed by atoms with Gasteiger partial charge in [0.15, 0.2) is 0 Å². The minimum Gasteiger partial charge on any atom is -0.0654 e. The normalized spacial score (nSPS) is 31.9. The molecule has 0 nitrogen and oxygen atoms in total. The Kier molecular flexibility index (Phi) is 4.41. The van der Waals surface area contributed by atoms with E-state index >= 15 is 0 Å². The van der Waals surface area contributed by atoms with E-state index in [1.165, 1.54) is 25.4 Å². The van der Waals surface area contributed by atoms with Crippen LogP contribution in [0.1, 0.15) is 53.9 Å². The molecule has 1 saturated carbocycles. The molecule has 88 valence electrons. The Morgan fingerprint density at radius 2 is 2.07 bits per heavy atom. The van der Waals surface area contributed by atoms with Crippen LogP contribution in [0.25, 0.3) is 0 Å². The van der Waals surface area contributed by atoms with Gasteiger partial charge >= 0.3 is 0 Å². The Hall–Kier alpha value is 0.170. The van der Waals surface area contributed by atoms with Crippen molar-refractivity contribution >= 4 is 13.8 Å². The van der Waals surface area contributed by atoms with Crippen molar-refractivity contribution < 1.29 is 0 Å². The summed E-state index contributed by atoms with van der Waals surface area (Å²) >= 11 is 0. The monoisotopic (exact) mass is 227 g/mol. The van der Waals surface area contributed by atoms with E-state index in [4.69, 9.17) is 0 Å². The molecule has 0 radical (unpaired) electrons. The molecule has 1 heteroatoms. The zero-order chi connectivity index (χ0) is 11.6. The predicted molar refractivity (Wildman–Crippen MR) is 74.3 cm³/mol. The Balaban J connectivity index is 2.42. The summed E-state index contributed by atoms with van der Waals surface area (Å²) in [5.74, 6) is 1.81.